The van der Waals surface area contributed by atoms with Crippen molar-refractivity contribution in [1.29, 1.82) is 0 Å². The first-order chi connectivity index (χ1) is 10.0. The minimum absolute atomic E-state index is 0.299. The Labute approximate surface area is 137 Å². The van der Waals surface area contributed by atoms with Crippen molar-refractivity contribution in [3.8, 4) is 5.75 Å². The maximum absolute atomic E-state index is 6.06. The number of halogens is 2. The minimum atomic E-state index is 0.299. The van der Waals surface area contributed by atoms with E-state index in [1.807, 2.05) is 18.2 Å². The molecule has 2 aromatic rings. The van der Waals surface area contributed by atoms with Gasteiger partial charge in [0.2, 0.25) is 0 Å². The van der Waals surface area contributed by atoms with Crippen LogP contribution in [0.1, 0.15) is 25.3 Å². The van der Waals surface area contributed by atoms with Gasteiger partial charge in [-0.3, -0.25) is 0 Å². The minimum Gasteiger partial charge on any atom is -0.484 e. The van der Waals surface area contributed by atoms with Crippen LogP contribution in [0.3, 0.4) is 0 Å². The lowest BCUT2D eigenvalue weighted by Crippen LogP contribution is -2.19. The fourth-order valence-corrected chi connectivity index (χ4v) is 2.24. The van der Waals surface area contributed by atoms with Crippen molar-refractivity contribution in [3.05, 3.63) is 45.2 Å². The molecule has 0 saturated heterocycles. The molecule has 21 heavy (non-hydrogen) atoms. The Morgan fingerprint density at radius 1 is 1.38 bits per heavy atom. The summed E-state index contributed by atoms with van der Waals surface area (Å²) in [4.78, 5) is 0. The van der Waals surface area contributed by atoms with Crippen molar-refractivity contribution in [1.82, 2.24) is 10.5 Å². The van der Waals surface area contributed by atoms with Crippen molar-refractivity contribution < 1.29 is 9.26 Å². The highest BCUT2D eigenvalue weighted by Crippen LogP contribution is 2.28. The lowest BCUT2D eigenvalue weighted by atomic mass is 10.2. The van der Waals surface area contributed by atoms with E-state index in [1.165, 1.54) is 0 Å². The van der Waals surface area contributed by atoms with Gasteiger partial charge in [0.05, 0.1) is 10.7 Å². The lowest BCUT2D eigenvalue weighted by Gasteiger charge is -2.06. The summed E-state index contributed by atoms with van der Waals surface area (Å²) in [5, 5.41) is 7.89. The predicted octanol–water partition coefficient (Wildman–Crippen LogP) is 4.42. The van der Waals surface area contributed by atoms with E-state index in [1.54, 1.807) is 6.07 Å². The van der Waals surface area contributed by atoms with E-state index in [0.717, 1.165) is 16.7 Å². The van der Waals surface area contributed by atoms with Crippen molar-refractivity contribution in [2.45, 2.75) is 27.0 Å². The van der Waals surface area contributed by atoms with Gasteiger partial charge in [-0.25, -0.2) is 0 Å². The van der Waals surface area contributed by atoms with Crippen LogP contribution in [0.4, 0.5) is 0 Å². The van der Waals surface area contributed by atoms with Crippen LogP contribution in [0.5, 0.6) is 5.75 Å². The van der Waals surface area contributed by atoms with E-state index in [4.69, 9.17) is 20.9 Å². The second kappa shape index (κ2) is 7.82. The van der Waals surface area contributed by atoms with E-state index in [0.29, 0.717) is 35.6 Å². The number of aromatic nitrogens is 1. The molecule has 6 heteroatoms. The molecule has 114 valence electrons. The first-order valence-electron chi connectivity index (χ1n) is 6.77. The molecule has 0 atom stereocenters. The summed E-state index contributed by atoms with van der Waals surface area (Å²) in [6, 6.07) is 7.35. The zero-order valence-corrected chi connectivity index (χ0v) is 14.4. The maximum Gasteiger partial charge on any atom is 0.174 e. The fourth-order valence-electron chi connectivity index (χ4n) is 1.73. The molecule has 0 fully saturated rings. The van der Waals surface area contributed by atoms with E-state index in [-0.39, 0.29) is 0 Å². The van der Waals surface area contributed by atoms with Crippen LogP contribution in [0.25, 0.3) is 0 Å². The molecule has 1 aromatic carbocycles. The maximum atomic E-state index is 6.06. The molecule has 0 radical (unpaired) electrons. The van der Waals surface area contributed by atoms with Crippen LogP contribution in [0.2, 0.25) is 5.02 Å². The Morgan fingerprint density at radius 3 is 2.95 bits per heavy atom. The summed E-state index contributed by atoms with van der Waals surface area (Å²) in [6.45, 7) is 6.27. The smallest absolute Gasteiger partial charge is 0.174 e. The number of rotatable bonds is 7. The number of benzene rings is 1. The van der Waals surface area contributed by atoms with Crippen LogP contribution < -0.4 is 10.1 Å². The Morgan fingerprint density at radius 2 is 2.19 bits per heavy atom. The molecule has 0 aliphatic carbocycles. The molecule has 0 unspecified atom stereocenters. The predicted molar refractivity (Wildman–Crippen MR) is 86.5 cm³/mol. The highest BCUT2D eigenvalue weighted by atomic mass is 79.9. The first-order valence-corrected chi connectivity index (χ1v) is 7.94. The molecular weight excluding hydrogens is 356 g/mol. The number of nitrogens with zero attached hydrogens (tertiary/aromatic N) is 1. The van der Waals surface area contributed by atoms with Gasteiger partial charge in [-0.2, -0.15) is 0 Å². The van der Waals surface area contributed by atoms with Crippen LogP contribution >= 0.6 is 27.5 Å². The summed E-state index contributed by atoms with van der Waals surface area (Å²) < 4.78 is 11.8. The number of hydrogen-bond acceptors (Lipinski definition) is 4. The van der Waals surface area contributed by atoms with E-state index >= 15 is 0 Å². The zero-order valence-electron chi connectivity index (χ0n) is 12.0. The van der Waals surface area contributed by atoms with Crippen LogP contribution in [0, 0.1) is 5.92 Å². The van der Waals surface area contributed by atoms with Gasteiger partial charge in [0.1, 0.15) is 12.4 Å². The molecular formula is C15H18BrClN2O2. The topological polar surface area (TPSA) is 47.3 Å². The molecule has 1 N–H and O–H groups in total. The Balaban J connectivity index is 1.86. The summed E-state index contributed by atoms with van der Waals surface area (Å²) in [5.41, 5.74) is 0.870. The highest BCUT2D eigenvalue weighted by Gasteiger charge is 2.07. The first kappa shape index (κ1) is 16.3. The van der Waals surface area contributed by atoms with Crippen molar-refractivity contribution in [2.24, 2.45) is 5.92 Å². The van der Waals surface area contributed by atoms with Crippen molar-refractivity contribution in [3.63, 3.8) is 0 Å². The normalized spacial score (nSPS) is 11.1. The van der Waals surface area contributed by atoms with Crippen LogP contribution in [-0.4, -0.2) is 11.7 Å². The SMILES string of the molecule is CC(C)CNCc1cc(COc2cc(Br)ccc2Cl)on1. The summed E-state index contributed by atoms with van der Waals surface area (Å²) >= 11 is 9.45. The average Bonchev–Trinajstić information content (AvgIpc) is 2.87. The molecule has 2 rings (SSSR count). The Hall–Kier alpha value is -1.04. The van der Waals surface area contributed by atoms with Crippen LogP contribution in [0.15, 0.2) is 33.3 Å². The zero-order chi connectivity index (χ0) is 15.2. The quantitative estimate of drug-likeness (QED) is 0.780. The molecule has 1 aromatic heterocycles. The van der Waals surface area contributed by atoms with Gasteiger partial charge in [0, 0.05) is 17.1 Å². The van der Waals surface area contributed by atoms with Gasteiger partial charge in [-0.05, 0) is 30.7 Å². The second-order valence-corrected chi connectivity index (χ2v) is 6.50. The number of hydrogen-bond donors (Lipinski definition) is 1. The van der Waals surface area contributed by atoms with Gasteiger partial charge < -0.3 is 14.6 Å². The van der Waals surface area contributed by atoms with Gasteiger partial charge >= 0.3 is 0 Å². The van der Waals surface area contributed by atoms with Gasteiger partial charge in [-0.1, -0.05) is 46.5 Å². The van der Waals surface area contributed by atoms with Gasteiger partial charge in [-0.15, -0.1) is 0 Å². The van der Waals surface area contributed by atoms with Crippen molar-refractivity contribution in [2.75, 3.05) is 6.54 Å². The number of nitrogens with one attached hydrogen (secondary N) is 1. The van der Waals surface area contributed by atoms with Crippen molar-refractivity contribution >= 4 is 27.5 Å². The summed E-state index contributed by atoms with van der Waals surface area (Å²) in [5.74, 6) is 1.90. The third kappa shape index (κ3) is 5.34. The van der Waals surface area contributed by atoms with Gasteiger partial charge in [0.25, 0.3) is 0 Å². The molecule has 4 nitrogen and oxygen atoms in total. The third-order valence-corrected chi connectivity index (χ3v) is 3.54. The van der Waals surface area contributed by atoms with Gasteiger partial charge in [0.15, 0.2) is 5.76 Å². The number of ether oxygens (including phenoxy) is 1. The largest absolute Gasteiger partial charge is 0.484 e. The Kier molecular flexibility index (Phi) is 6.08. The highest BCUT2D eigenvalue weighted by molar-refractivity contribution is 9.10. The molecule has 0 spiro atoms. The average molecular weight is 374 g/mol. The van der Waals surface area contributed by atoms with Crippen LogP contribution in [-0.2, 0) is 13.2 Å². The molecule has 0 aliphatic rings. The second-order valence-electron chi connectivity index (χ2n) is 5.17. The van der Waals surface area contributed by atoms with E-state index in [2.05, 4.69) is 40.3 Å². The fraction of sp³-hybridized carbons (Fsp3) is 0.400. The summed E-state index contributed by atoms with van der Waals surface area (Å²) in [6.07, 6.45) is 0. The third-order valence-electron chi connectivity index (χ3n) is 2.73. The van der Waals surface area contributed by atoms with E-state index < -0.39 is 0 Å². The molecule has 1 heterocycles. The molecule has 0 saturated carbocycles. The lowest BCUT2D eigenvalue weighted by molar-refractivity contribution is 0.248. The Bertz CT molecular complexity index is 587. The molecule has 0 aliphatic heterocycles. The summed E-state index contributed by atoms with van der Waals surface area (Å²) in [7, 11) is 0. The monoisotopic (exact) mass is 372 g/mol. The standard InChI is InChI=1S/C15H18BrClN2O2/c1-10(2)7-18-8-12-6-13(21-19-12)9-20-15-5-11(16)3-4-14(15)17/h3-6,10,18H,7-9H2,1-2H3. The molecule has 0 bridgehead atoms. The molecule has 0 amide bonds. The van der Waals surface area contributed by atoms with E-state index in [9.17, 15) is 0 Å².